The third-order valence-corrected chi connectivity index (χ3v) is 9.72. The molecule has 0 N–H and O–H groups in total. The number of ether oxygens (including phenoxy) is 2. The molecule has 0 unspecified atom stereocenters. The number of hydrogen-bond donors (Lipinski definition) is 0. The maximum Gasteiger partial charge on any atom is 0.416 e. The van der Waals surface area contributed by atoms with Crippen LogP contribution in [0.5, 0.6) is 0 Å². The summed E-state index contributed by atoms with van der Waals surface area (Å²) in [5.74, 6) is -1.43. The van der Waals surface area contributed by atoms with Gasteiger partial charge in [0.15, 0.2) is 0 Å². The van der Waals surface area contributed by atoms with Gasteiger partial charge in [0.25, 0.3) is 0 Å². The molecule has 0 radical (unpaired) electrons. The molecule has 0 bridgehead atoms. The van der Waals surface area contributed by atoms with E-state index in [-0.39, 0.29) is 18.6 Å². The lowest BCUT2D eigenvalue weighted by molar-refractivity contribution is -0.143. The summed E-state index contributed by atoms with van der Waals surface area (Å²) in [6.07, 6.45) is -2.56. The molecule has 0 amide bonds. The fourth-order valence-corrected chi connectivity index (χ4v) is 7.21. The van der Waals surface area contributed by atoms with Crippen molar-refractivity contribution in [2.24, 2.45) is 0 Å². The van der Waals surface area contributed by atoms with Crippen molar-refractivity contribution in [2.75, 3.05) is 13.2 Å². The Kier molecular flexibility index (Phi) is 7.43. The molecule has 0 heterocycles. The van der Waals surface area contributed by atoms with Crippen LogP contribution in [-0.2, 0) is 36.1 Å². The maximum atomic E-state index is 13.9. The topological polar surface area (TPSA) is 52.6 Å². The molecule has 4 nitrogen and oxygen atoms in total. The van der Waals surface area contributed by atoms with E-state index in [4.69, 9.17) is 9.47 Å². The predicted octanol–water partition coefficient (Wildman–Crippen LogP) is 10.3. The van der Waals surface area contributed by atoms with Crippen molar-refractivity contribution >= 4 is 44.3 Å². The number of carbonyl (C=O) groups excluding carboxylic acids is 2. The lowest BCUT2D eigenvalue weighted by Gasteiger charge is -2.31. The first-order valence-electron chi connectivity index (χ1n) is 15.9. The molecule has 6 aromatic rings. The molecular weight excluding hydrogens is 625 g/mol. The summed E-state index contributed by atoms with van der Waals surface area (Å²) in [5.41, 5.74) is 2.72. The van der Waals surface area contributed by atoms with Crippen LogP contribution in [0.4, 0.5) is 13.2 Å². The lowest BCUT2D eigenvalue weighted by atomic mass is 9.78. The first-order chi connectivity index (χ1) is 23.2. The Hall–Kier alpha value is -5.43. The van der Waals surface area contributed by atoms with E-state index in [9.17, 15) is 22.8 Å². The average Bonchev–Trinajstić information content (AvgIpc) is 3.35. The van der Waals surface area contributed by atoms with Crippen LogP contribution in [0.1, 0.15) is 43.0 Å². The number of alkyl halides is 3. The molecule has 7 heteroatoms. The van der Waals surface area contributed by atoms with Crippen molar-refractivity contribution < 1.29 is 32.2 Å². The first kappa shape index (κ1) is 32.1. The molecule has 0 aromatic heterocycles. The Bertz CT molecular complexity index is 2300. The summed E-state index contributed by atoms with van der Waals surface area (Å²) >= 11 is 0. The third kappa shape index (κ3) is 5.25. The van der Waals surface area contributed by atoms with Crippen molar-refractivity contribution in [1.82, 2.24) is 0 Å². The van der Waals surface area contributed by atoms with Crippen LogP contribution in [0, 0.1) is 0 Å². The van der Waals surface area contributed by atoms with E-state index in [1.165, 1.54) is 17.0 Å². The van der Waals surface area contributed by atoms with Gasteiger partial charge in [-0.1, -0.05) is 101 Å². The highest BCUT2D eigenvalue weighted by atomic mass is 19.4. The minimum absolute atomic E-state index is 0.0229. The van der Waals surface area contributed by atoms with Crippen molar-refractivity contribution in [3.63, 3.8) is 0 Å². The first-order valence-corrected chi connectivity index (χ1v) is 15.9. The van der Waals surface area contributed by atoms with Crippen LogP contribution in [0.25, 0.3) is 54.6 Å². The molecule has 1 aliphatic carbocycles. The molecular formula is C42H33F3O4. The molecule has 7 rings (SSSR count). The number of fused-ring (bicyclic) bond motifs is 3. The lowest BCUT2D eigenvalue weighted by Crippen LogP contribution is -2.38. The number of benzene rings is 6. The van der Waals surface area contributed by atoms with Gasteiger partial charge in [-0.15, -0.1) is 0 Å². The van der Waals surface area contributed by atoms with Crippen molar-refractivity contribution in [1.29, 1.82) is 0 Å². The van der Waals surface area contributed by atoms with E-state index in [1.54, 1.807) is 6.07 Å². The average molecular weight is 659 g/mol. The number of hydrogen-bond acceptors (Lipinski definition) is 4. The minimum atomic E-state index is -4.58. The van der Waals surface area contributed by atoms with E-state index in [2.05, 4.69) is 76.4 Å². The monoisotopic (exact) mass is 658 g/mol. The fourth-order valence-electron chi connectivity index (χ4n) is 7.21. The van der Waals surface area contributed by atoms with Crippen LogP contribution in [0.15, 0.2) is 110 Å². The zero-order valence-corrected chi connectivity index (χ0v) is 27.3. The van der Waals surface area contributed by atoms with Crippen LogP contribution in [0.2, 0.25) is 0 Å². The quantitative estimate of drug-likeness (QED) is 0.0973. The Morgan fingerprint density at radius 3 is 1.86 bits per heavy atom. The van der Waals surface area contributed by atoms with Crippen LogP contribution in [-0.4, -0.2) is 25.2 Å². The highest BCUT2D eigenvalue weighted by molar-refractivity contribution is 6.25. The number of rotatable bonds is 7. The van der Waals surface area contributed by atoms with Crippen LogP contribution >= 0.6 is 0 Å². The smallest absolute Gasteiger partial charge is 0.416 e. The number of halogens is 3. The molecule has 0 saturated carbocycles. The summed E-state index contributed by atoms with van der Waals surface area (Å²) in [6, 6.07) is 26.2. The second-order valence-corrected chi connectivity index (χ2v) is 13.7. The molecule has 49 heavy (non-hydrogen) atoms. The Morgan fingerprint density at radius 1 is 0.653 bits per heavy atom. The van der Waals surface area contributed by atoms with Gasteiger partial charge in [-0.05, 0) is 94.9 Å². The van der Waals surface area contributed by atoms with E-state index in [0.717, 1.165) is 62.3 Å². The Morgan fingerprint density at radius 2 is 1.24 bits per heavy atom. The Balaban J connectivity index is 1.47. The molecule has 0 fully saturated rings. The molecule has 6 aromatic carbocycles. The summed E-state index contributed by atoms with van der Waals surface area (Å²) in [4.78, 5) is 24.8. The van der Waals surface area contributed by atoms with Gasteiger partial charge in [-0.3, -0.25) is 0 Å². The van der Waals surface area contributed by atoms with Gasteiger partial charge < -0.3 is 9.47 Å². The van der Waals surface area contributed by atoms with Gasteiger partial charge in [-0.25, -0.2) is 9.59 Å². The highest BCUT2D eigenvalue weighted by Gasteiger charge is 2.47. The van der Waals surface area contributed by atoms with Gasteiger partial charge in [-0.2, -0.15) is 13.2 Å². The van der Waals surface area contributed by atoms with Gasteiger partial charge in [0, 0.05) is 12.2 Å². The Labute approximate surface area is 281 Å². The highest BCUT2D eigenvalue weighted by Crippen LogP contribution is 2.52. The second kappa shape index (κ2) is 11.3. The van der Waals surface area contributed by atoms with Crippen LogP contribution < -0.4 is 0 Å². The summed E-state index contributed by atoms with van der Waals surface area (Å²) in [7, 11) is 0. The SMILES string of the molecule is C=CC(=O)OCC1(COC(=O)C=C)c2ccc(C(F)(F)F)cc2-c2ccc(-c3ccc4ccc5cc(C(C)(C)C)cc6ccc3c4c56)cc21. The zero-order chi connectivity index (χ0) is 34.9. The summed E-state index contributed by atoms with van der Waals surface area (Å²) in [5, 5.41) is 6.70. The molecule has 0 atom stereocenters. The third-order valence-electron chi connectivity index (χ3n) is 9.72. The molecule has 0 aliphatic heterocycles. The van der Waals surface area contributed by atoms with Gasteiger partial charge >= 0.3 is 18.1 Å². The normalized spacial score (nSPS) is 13.8. The number of carbonyl (C=O) groups is 2. The van der Waals surface area contributed by atoms with E-state index in [1.807, 2.05) is 18.2 Å². The molecule has 0 spiro atoms. The standard InChI is InChI=1S/C42H33F3O4/c1-6-36(46)48-22-41(23-49-37(47)7-2)34-17-13-28(42(43,44)45)21-33(34)31-15-11-25(20-35(31)41)30-14-10-24-8-9-26-18-29(40(3,4)5)19-27-12-16-32(30)39(24)38(26)27/h6-21H,1-2,22-23H2,3-5H3. The maximum absolute atomic E-state index is 13.9. The van der Waals surface area contributed by atoms with Gasteiger partial charge in [0.2, 0.25) is 0 Å². The summed E-state index contributed by atoms with van der Waals surface area (Å²) < 4.78 is 53.0. The predicted molar refractivity (Wildman–Crippen MR) is 188 cm³/mol. The van der Waals surface area contributed by atoms with Crippen LogP contribution in [0.3, 0.4) is 0 Å². The van der Waals surface area contributed by atoms with Crippen molar-refractivity contribution in [2.45, 2.75) is 37.8 Å². The van der Waals surface area contributed by atoms with E-state index >= 15 is 0 Å². The van der Waals surface area contributed by atoms with Gasteiger partial charge in [0.05, 0.1) is 11.0 Å². The zero-order valence-electron chi connectivity index (χ0n) is 27.3. The van der Waals surface area contributed by atoms with E-state index < -0.39 is 29.1 Å². The summed E-state index contributed by atoms with van der Waals surface area (Å²) in [6.45, 7) is 13.0. The largest absolute Gasteiger partial charge is 0.461 e. The molecule has 246 valence electrons. The molecule has 0 saturated heterocycles. The van der Waals surface area contributed by atoms with Crippen molar-refractivity contribution in [3.8, 4) is 22.3 Å². The van der Waals surface area contributed by atoms with Crippen molar-refractivity contribution in [3.05, 3.63) is 132 Å². The fraction of sp³-hybridized carbons (Fsp3) is 0.190. The second-order valence-electron chi connectivity index (χ2n) is 13.7. The van der Waals surface area contributed by atoms with Gasteiger partial charge in [0.1, 0.15) is 13.2 Å². The minimum Gasteiger partial charge on any atom is -0.461 e. The number of esters is 2. The molecule has 1 aliphatic rings. The van der Waals surface area contributed by atoms with E-state index in [0.29, 0.717) is 22.3 Å².